The topological polar surface area (TPSA) is 44.1 Å². The van der Waals surface area contributed by atoms with Crippen LogP contribution in [0.15, 0.2) is 42.5 Å². The lowest BCUT2D eigenvalue weighted by molar-refractivity contribution is -0.134. The Bertz CT molecular complexity index is 979. The van der Waals surface area contributed by atoms with Crippen LogP contribution in [0.4, 0.5) is 4.39 Å². The van der Waals surface area contributed by atoms with Crippen LogP contribution in [0.25, 0.3) is 17.0 Å². The van der Waals surface area contributed by atoms with Crippen molar-refractivity contribution in [2.24, 2.45) is 0 Å². The Kier molecular flexibility index (Phi) is 4.86. The SMILES string of the molecule is COC(=O)C=Cc1nn(Cc2ccc(Cl)cc2F)c2cc(C)ccc12. The summed E-state index contributed by atoms with van der Waals surface area (Å²) in [6.45, 7) is 2.23. The largest absolute Gasteiger partial charge is 0.466 e. The van der Waals surface area contributed by atoms with Crippen LogP contribution in [0.3, 0.4) is 0 Å². The van der Waals surface area contributed by atoms with Crippen molar-refractivity contribution in [1.29, 1.82) is 0 Å². The van der Waals surface area contributed by atoms with E-state index in [0.29, 0.717) is 16.3 Å². The van der Waals surface area contributed by atoms with Crippen LogP contribution in [0.5, 0.6) is 0 Å². The summed E-state index contributed by atoms with van der Waals surface area (Å²) in [6.07, 6.45) is 2.91. The summed E-state index contributed by atoms with van der Waals surface area (Å²) in [5, 5.41) is 5.74. The lowest BCUT2D eigenvalue weighted by Crippen LogP contribution is -2.04. The van der Waals surface area contributed by atoms with Crippen molar-refractivity contribution < 1.29 is 13.9 Å². The molecule has 0 aliphatic heterocycles. The van der Waals surface area contributed by atoms with Gasteiger partial charge in [0.2, 0.25) is 0 Å². The Hall–Kier alpha value is -2.66. The van der Waals surface area contributed by atoms with Crippen LogP contribution in [-0.2, 0) is 16.1 Å². The predicted octanol–water partition coefficient (Wildman–Crippen LogP) is 4.37. The first kappa shape index (κ1) is 17.2. The van der Waals surface area contributed by atoms with E-state index < -0.39 is 5.97 Å². The quantitative estimate of drug-likeness (QED) is 0.513. The molecule has 0 spiro atoms. The summed E-state index contributed by atoms with van der Waals surface area (Å²) < 4.78 is 20.4. The smallest absolute Gasteiger partial charge is 0.330 e. The third kappa shape index (κ3) is 3.72. The summed E-state index contributed by atoms with van der Waals surface area (Å²) in [5.74, 6) is -0.839. The summed E-state index contributed by atoms with van der Waals surface area (Å²) >= 11 is 5.81. The second-order valence-corrected chi connectivity index (χ2v) is 6.09. The second-order valence-electron chi connectivity index (χ2n) is 5.66. The van der Waals surface area contributed by atoms with Gasteiger partial charge in [0.1, 0.15) is 5.82 Å². The van der Waals surface area contributed by atoms with E-state index in [0.717, 1.165) is 16.5 Å². The van der Waals surface area contributed by atoms with Gasteiger partial charge in [0.15, 0.2) is 0 Å². The molecular weight excluding hydrogens is 343 g/mol. The van der Waals surface area contributed by atoms with Crippen molar-refractivity contribution in [1.82, 2.24) is 9.78 Å². The number of nitrogens with zero attached hydrogens (tertiary/aromatic N) is 2. The van der Waals surface area contributed by atoms with Gasteiger partial charge < -0.3 is 4.74 Å². The monoisotopic (exact) mass is 358 g/mol. The minimum atomic E-state index is -0.460. The highest BCUT2D eigenvalue weighted by molar-refractivity contribution is 6.30. The molecule has 3 rings (SSSR count). The van der Waals surface area contributed by atoms with Gasteiger partial charge in [-0.2, -0.15) is 5.10 Å². The molecule has 1 aromatic heterocycles. The molecule has 0 saturated heterocycles. The number of benzene rings is 2. The molecule has 6 heteroatoms. The molecule has 4 nitrogen and oxygen atoms in total. The Morgan fingerprint density at radius 3 is 2.84 bits per heavy atom. The highest BCUT2D eigenvalue weighted by atomic mass is 35.5. The molecule has 0 bridgehead atoms. The van der Waals surface area contributed by atoms with E-state index in [-0.39, 0.29) is 12.4 Å². The van der Waals surface area contributed by atoms with Crippen molar-refractivity contribution in [3.63, 3.8) is 0 Å². The number of carbonyl (C=O) groups is 1. The van der Waals surface area contributed by atoms with Crippen LogP contribution >= 0.6 is 11.6 Å². The molecule has 0 fully saturated rings. The van der Waals surface area contributed by atoms with Crippen molar-refractivity contribution in [3.8, 4) is 0 Å². The van der Waals surface area contributed by atoms with Gasteiger partial charge in [-0.25, -0.2) is 9.18 Å². The number of methoxy groups -OCH3 is 1. The number of hydrogen-bond donors (Lipinski definition) is 0. The molecule has 0 unspecified atom stereocenters. The van der Waals surface area contributed by atoms with Crippen LogP contribution in [0.1, 0.15) is 16.8 Å². The molecule has 2 aromatic carbocycles. The van der Waals surface area contributed by atoms with Crippen molar-refractivity contribution >= 4 is 34.5 Å². The van der Waals surface area contributed by atoms with Gasteiger partial charge >= 0.3 is 5.97 Å². The van der Waals surface area contributed by atoms with E-state index >= 15 is 0 Å². The highest BCUT2D eigenvalue weighted by Gasteiger charge is 2.12. The maximum absolute atomic E-state index is 14.1. The van der Waals surface area contributed by atoms with E-state index in [9.17, 15) is 9.18 Å². The first-order chi connectivity index (χ1) is 12.0. The maximum atomic E-state index is 14.1. The van der Waals surface area contributed by atoms with E-state index in [1.165, 1.54) is 19.3 Å². The minimum absolute atomic E-state index is 0.259. The number of halogens is 2. The van der Waals surface area contributed by atoms with Gasteiger partial charge in [0.25, 0.3) is 0 Å². The molecule has 0 aliphatic rings. The van der Waals surface area contributed by atoms with Gasteiger partial charge in [0.05, 0.1) is 24.9 Å². The second kappa shape index (κ2) is 7.07. The standard InChI is InChI=1S/C19H16ClFN2O2/c1-12-3-6-15-17(7-8-19(24)25-2)22-23(18(15)9-12)11-13-4-5-14(20)10-16(13)21/h3-10H,11H2,1-2H3. The van der Waals surface area contributed by atoms with E-state index in [4.69, 9.17) is 11.6 Å². The average Bonchev–Trinajstić information content (AvgIpc) is 2.92. The highest BCUT2D eigenvalue weighted by Crippen LogP contribution is 2.23. The molecule has 0 saturated carbocycles. The fourth-order valence-electron chi connectivity index (χ4n) is 2.58. The molecule has 3 aromatic rings. The zero-order valence-electron chi connectivity index (χ0n) is 13.8. The van der Waals surface area contributed by atoms with Gasteiger partial charge in [-0.3, -0.25) is 4.68 Å². The van der Waals surface area contributed by atoms with Crippen LogP contribution in [0, 0.1) is 12.7 Å². The summed E-state index contributed by atoms with van der Waals surface area (Å²) in [4.78, 5) is 11.3. The number of carbonyl (C=O) groups excluding carboxylic acids is 1. The molecule has 0 aliphatic carbocycles. The van der Waals surface area contributed by atoms with Crippen LogP contribution in [0.2, 0.25) is 5.02 Å². The van der Waals surface area contributed by atoms with E-state index in [2.05, 4.69) is 9.84 Å². The van der Waals surface area contributed by atoms with Gasteiger partial charge in [0, 0.05) is 22.0 Å². The number of esters is 1. The summed E-state index contributed by atoms with van der Waals surface area (Å²) in [7, 11) is 1.32. The third-order valence-electron chi connectivity index (χ3n) is 3.85. The number of ether oxygens (including phenoxy) is 1. The zero-order chi connectivity index (χ0) is 18.0. The molecule has 1 heterocycles. The first-order valence-corrected chi connectivity index (χ1v) is 8.03. The fourth-order valence-corrected chi connectivity index (χ4v) is 2.74. The molecule has 0 N–H and O–H groups in total. The average molecular weight is 359 g/mol. The molecule has 128 valence electrons. The predicted molar refractivity (Wildman–Crippen MR) is 96.0 cm³/mol. The van der Waals surface area contributed by atoms with Crippen molar-refractivity contribution in [2.75, 3.05) is 7.11 Å². The minimum Gasteiger partial charge on any atom is -0.466 e. The van der Waals surface area contributed by atoms with Crippen molar-refractivity contribution in [2.45, 2.75) is 13.5 Å². The Labute approximate surface area is 149 Å². The van der Waals surface area contributed by atoms with Crippen LogP contribution in [-0.4, -0.2) is 22.9 Å². The number of fused-ring (bicyclic) bond motifs is 1. The van der Waals surface area contributed by atoms with Gasteiger partial charge in [-0.15, -0.1) is 0 Å². The van der Waals surface area contributed by atoms with Crippen LogP contribution < -0.4 is 0 Å². The lowest BCUT2D eigenvalue weighted by atomic mass is 10.1. The fraction of sp³-hybridized carbons (Fsp3) is 0.158. The molecule has 0 atom stereocenters. The Balaban J connectivity index is 2.06. The normalized spacial score (nSPS) is 11.4. The number of aryl methyl sites for hydroxylation is 1. The van der Waals surface area contributed by atoms with Crippen molar-refractivity contribution in [3.05, 3.63) is 70.1 Å². The molecule has 0 amide bonds. The molecule has 25 heavy (non-hydrogen) atoms. The Morgan fingerprint density at radius 2 is 2.12 bits per heavy atom. The number of rotatable bonds is 4. The summed E-state index contributed by atoms with van der Waals surface area (Å²) in [5.41, 5.74) is 3.03. The summed E-state index contributed by atoms with van der Waals surface area (Å²) in [6, 6.07) is 10.5. The van der Waals surface area contributed by atoms with E-state index in [1.807, 2.05) is 25.1 Å². The first-order valence-electron chi connectivity index (χ1n) is 7.65. The molecular formula is C19H16ClFN2O2. The van der Waals surface area contributed by atoms with Gasteiger partial charge in [-0.1, -0.05) is 29.8 Å². The third-order valence-corrected chi connectivity index (χ3v) is 4.08. The number of aromatic nitrogens is 2. The zero-order valence-corrected chi connectivity index (χ0v) is 14.5. The molecule has 0 radical (unpaired) electrons. The maximum Gasteiger partial charge on any atom is 0.330 e. The van der Waals surface area contributed by atoms with E-state index in [1.54, 1.807) is 22.9 Å². The Morgan fingerprint density at radius 1 is 1.32 bits per heavy atom. The van der Waals surface area contributed by atoms with Gasteiger partial charge in [-0.05, 0) is 36.8 Å². The lowest BCUT2D eigenvalue weighted by Gasteiger charge is -2.06. The number of hydrogen-bond acceptors (Lipinski definition) is 3.